The second kappa shape index (κ2) is 5.13. The van der Waals surface area contributed by atoms with Gasteiger partial charge < -0.3 is 20.4 Å². The van der Waals surface area contributed by atoms with E-state index in [0.717, 1.165) is 0 Å². The van der Waals surface area contributed by atoms with Crippen LogP contribution >= 0.6 is 0 Å². The van der Waals surface area contributed by atoms with Gasteiger partial charge in [0.2, 0.25) is 11.9 Å². The third-order valence-electron chi connectivity index (χ3n) is 2.76. The standard InChI is InChI=1S/C12H15FN4O2/c1-7(18)15-3-4-17-10-6-11(19-2)8(13)5-9(10)16-12(17)14/h5-6H,3-4H2,1-2H3,(H2,14,16)(H,15,18). The van der Waals surface area contributed by atoms with Crippen LogP contribution in [0.3, 0.4) is 0 Å². The van der Waals surface area contributed by atoms with Crippen LogP contribution in [-0.4, -0.2) is 29.1 Å². The maximum absolute atomic E-state index is 13.5. The van der Waals surface area contributed by atoms with Crippen LogP contribution in [0.25, 0.3) is 11.0 Å². The zero-order valence-corrected chi connectivity index (χ0v) is 10.7. The largest absolute Gasteiger partial charge is 0.494 e. The zero-order chi connectivity index (χ0) is 14.0. The molecule has 2 rings (SSSR count). The molecule has 0 saturated heterocycles. The summed E-state index contributed by atoms with van der Waals surface area (Å²) >= 11 is 0. The first-order valence-corrected chi connectivity index (χ1v) is 5.76. The van der Waals surface area contributed by atoms with Gasteiger partial charge in [0, 0.05) is 32.1 Å². The molecular formula is C12H15FN4O2. The minimum atomic E-state index is -0.485. The van der Waals surface area contributed by atoms with Gasteiger partial charge in [0.1, 0.15) is 0 Å². The number of carbonyl (C=O) groups is 1. The number of methoxy groups -OCH3 is 1. The maximum Gasteiger partial charge on any atom is 0.216 e. The van der Waals surface area contributed by atoms with Gasteiger partial charge in [-0.1, -0.05) is 0 Å². The lowest BCUT2D eigenvalue weighted by Crippen LogP contribution is -2.24. The number of ether oxygens (including phenoxy) is 1. The van der Waals surface area contributed by atoms with Crippen LogP contribution in [0, 0.1) is 5.82 Å². The first-order chi connectivity index (χ1) is 9.02. The van der Waals surface area contributed by atoms with Crippen molar-refractivity contribution < 1.29 is 13.9 Å². The van der Waals surface area contributed by atoms with Gasteiger partial charge in [0.25, 0.3) is 0 Å². The normalized spacial score (nSPS) is 10.7. The molecule has 19 heavy (non-hydrogen) atoms. The third-order valence-corrected chi connectivity index (χ3v) is 2.76. The highest BCUT2D eigenvalue weighted by atomic mass is 19.1. The predicted octanol–water partition coefficient (Wildman–Crippen LogP) is 0.902. The average molecular weight is 266 g/mol. The molecule has 0 aliphatic heterocycles. The molecule has 0 saturated carbocycles. The lowest BCUT2D eigenvalue weighted by Gasteiger charge is -2.08. The van der Waals surface area contributed by atoms with E-state index >= 15 is 0 Å². The number of aromatic nitrogens is 2. The summed E-state index contributed by atoms with van der Waals surface area (Å²) in [5, 5.41) is 2.67. The Balaban J connectivity index is 2.36. The van der Waals surface area contributed by atoms with Gasteiger partial charge in [-0.25, -0.2) is 9.37 Å². The van der Waals surface area contributed by atoms with E-state index in [-0.39, 0.29) is 17.6 Å². The first-order valence-electron chi connectivity index (χ1n) is 5.76. The number of amides is 1. The van der Waals surface area contributed by atoms with E-state index in [4.69, 9.17) is 10.5 Å². The maximum atomic E-state index is 13.5. The van der Waals surface area contributed by atoms with Crippen molar-refractivity contribution in [3.05, 3.63) is 17.9 Å². The van der Waals surface area contributed by atoms with Gasteiger partial charge in [-0.05, 0) is 0 Å². The summed E-state index contributed by atoms with van der Waals surface area (Å²) in [7, 11) is 1.39. The molecule has 2 aromatic rings. The number of nitrogens with zero attached hydrogens (tertiary/aromatic N) is 2. The number of rotatable bonds is 4. The molecule has 0 aliphatic rings. The average Bonchev–Trinajstić information content (AvgIpc) is 2.63. The quantitative estimate of drug-likeness (QED) is 0.861. The zero-order valence-electron chi connectivity index (χ0n) is 10.7. The van der Waals surface area contributed by atoms with Gasteiger partial charge in [0.05, 0.1) is 18.1 Å². The lowest BCUT2D eigenvalue weighted by molar-refractivity contribution is -0.118. The Morgan fingerprint density at radius 2 is 2.32 bits per heavy atom. The van der Waals surface area contributed by atoms with Crippen LogP contribution in [0.15, 0.2) is 12.1 Å². The highest BCUT2D eigenvalue weighted by molar-refractivity contribution is 5.80. The Kier molecular flexibility index (Phi) is 3.55. The van der Waals surface area contributed by atoms with Gasteiger partial charge in [0.15, 0.2) is 11.6 Å². The summed E-state index contributed by atoms with van der Waals surface area (Å²) in [6.45, 7) is 2.31. The van der Waals surface area contributed by atoms with E-state index in [1.54, 1.807) is 10.6 Å². The molecule has 0 unspecified atom stereocenters. The Hall–Kier alpha value is -2.31. The van der Waals surface area contributed by atoms with Crippen molar-refractivity contribution in [3.8, 4) is 5.75 Å². The number of nitrogen functional groups attached to an aromatic ring is 1. The van der Waals surface area contributed by atoms with Crippen molar-refractivity contribution in [2.24, 2.45) is 0 Å². The number of hydrogen-bond donors (Lipinski definition) is 2. The minimum absolute atomic E-state index is 0.119. The minimum Gasteiger partial charge on any atom is -0.494 e. The number of nitrogens with one attached hydrogen (secondary N) is 1. The summed E-state index contributed by atoms with van der Waals surface area (Å²) in [6, 6.07) is 2.82. The molecule has 102 valence electrons. The molecule has 1 amide bonds. The van der Waals surface area contributed by atoms with E-state index in [2.05, 4.69) is 10.3 Å². The van der Waals surface area contributed by atoms with Crippen LogP contribution in [0.1, 0.15) is 6.92 Å². The van der Waals surface area contributed by atoms with Gasteiger partial charge in [-0.3, -0.25) is 4.79 Å². The molecule has 0 radical (unpaired) electrons. The fraction of sp³-hybridized carbons (Fsp3) is 0.333. The van der Waals surface area contributed by atoms with Crippen LogP contribution in [0.4, 0.5) is 10.3 Å². The fourth-order valence-corrected chi connectivity index (χ4v) is 1.88. The lowest BCUT2D eigenvalue weighted by atomic mass is 10.3. The highest BCUT2D eigenvalue weighted by Crippen LogP contribution is 2.26. The van der Waals surface area contributed by atoms with E-state index in [1.807, 2.05) is 0 Å². The molecule has 6 nitrogen and oxygen atoms in total. The molecule has 0 fully saturated rings. The number of fused-ring (bicyclic) bond motifs is 1. The van der Waals surface area contributed by atoms with E-state index in [9.17, 15) is 9.18 Å². The van der Waals surface area contributed by atoms with Crippen molar-refractivity contribution in [1.82, 2.24) is 14.9 Å². The van der Waals surface area contributed by atoms with Gasteiger partial charge in [-0.15, -0.1) is 0 Å². The van der Waals surface area contributed by atoms with Gasteiger partial charge >= 0.3 is 0 Å². The molecule has 1 heterocycles. The summed E-state index contributed by atoms with van der Waals surface area (Å²) in [5.41, 5.74) is 6.91. The van der Waals surface area contributed by atoms with Crippen molar-refractivity contribution >= 4 is 22.9 Å². The number of carbonyl (C=O) groups excluding carboxylic acids is 1. The molecule has 3 N–H and O–H groups in total. The van der Waals surface area contributed by atoms with Crippen LogP contribution in [0.2, 0.25) is 0 Å². The van der Waals surface area contributed by atoms with Crippen molar-refractivity contribution in [2.45, 2.75) is 13.5 Å². The predicted molar refractivity (Wildman–Crippen MR) is 69.3 cm³/mol. The number of nitrogens with two attached hydrogens (primary N) is 1. The molecule has 0 spiro atoms. The molecule has 1 aromatic heterocycles. The summed E-state index contributed by atoms with van der Waals surface area (Å²) in [5.74, 6) is -0.200. The van der Waals surface area contributed by atoms with Crippen molar-refractivity contribution in [1.29, 1.82) is 0 Å². The second-order valence-corrected chi connectivity index (χ2v) is 4.08. The van der Waals surface area contributed by atoms with Crippen molar-refractivity contribution in [2.75, 3.05) is 19.4 Å². The first kappa shape index (κ1) is 13.1. The second-order valence-electron chi connectivity index (χ2n) is 4.08. The van der Waals surface area contributed by atoms with E-state index in [1.165, 1.54) is 20.1 Å². The van der Waals surface area contributed by atoms with Crippen LogP contribution in [0.5, 0.6) is 5.75 Å². The molecule has 0 bridgehead atoms. The van der Waals surface area contributed by atoms with Gasteiger partial charge in [-0.2, -0.15) is 0 Å². The Morgan fingerprint density at radius 3 is 2.95 bits per heavy atom. The molecular weight excluding hydrogens is 251 g/mol. The van der Waals surface area contributed by atoms with Crippen molar-refractivity contribution in [3.63, 3.8) is 0 Å². The topological polar surface area (TPSA) is 82.2 Å². The summed E-state index contributed by atoms with van der Waals surface area (Å²) in [4.78, 5) is 14.9. The summed E-state index contributed by atoms with van der Waals surface area (Å²) in [6.07, 6.45) is 0. The number of hydrogen-bond acceptors (Lipinski definition) is 4. The Morgan fingerprint density at radius 1 is 1.58 bits per heavy atom. The van der Waals surface area contributed by atoms with E-state index < -0.39 is 5.82 Å². The number of imidazole rings is 1. The number of halogens is 1. The molecule has 0 aliphatic carbocycles. The highest BCUT2D eigenvalue weighted by Gasteiger charge is 2.12. The molecule has 1 aromatic carbocycles. The van der Waals surface area contributed by atoms with Crippen LogP contribution < -0.4 is 15.8 Å². The Bertz CT molecular complexity index is 624. The molecule has 0 atom stereocenters. The molecule has 7 heteroatoms. The number of benzene rings is 1. The van der Waals surface area contributed by atoms with E-state index in [0.29, 0.717) is 24.1 Å². The Labute approximate surface area is 109 Å². The fourth-order valence-electron chi connectivity index (χ4n) is 1.88. The number of anilines is 1. The monoisotopic (exact) mass is 266 g/mol. The van der Waals surface area contributed by atoms with Crippen LogP contribution in [-0.2, 0) is 11.3 Å². The SMILES string of the molecule is COc1cc2c(cc1F)nc(N)n2CCNC(C)=O. The third kappa shape index (κ3) is 2.59. The summed E-state index contributed by atoms with van der Waals surface area (Å²) < 4.78 is 20.2. The smallest absolute Gasteiger partial charge is 0.216 e.